The van der Waals surface area contributed by atoms with E-state index in [0.29, 0.717) is 5.92 Å². The largest absolute Gasteiger partial charge is 0.384 e. The van der Waals surface area contributed by atoms with Gasteiger partial charge in [-0.05, 0) is 43.0 Å². The lowest BCUT2D eigenvalue weighted by Gasteiger charge is -2.12. The molecule has 0 saturated carbocycles. The van der Waals surface area contributed by atoms with Crippen LogP contribution >= 0.6 is 0 Å². The summed E-state index contributed by atoms with van der Waals surface area (Å²) in [5.74, 6) is 0.551. The molecule has 0 saturated heterocycles. The quantitative estimate of drug-likeness (QED) is 0.854. The summed E-state index contributed by atoms with van der Waals surface area (Å²) in [7, 11) is 0. The fourth-order valence-corrected chi connectivity index (χ4v) is 2.14. The van der Waals surface area contributed by atoms with E-state index in [4.69, 9.17) is 0 Å². The lowest BCUT2D eigenvalue weighted by molar-refractivity contribution is 0.868. The van der Waals surface area contributed by atoms with Crippen LogP contribution < -0.4 is 5.32 Å². The van der Waals surface area contributed by atoms with Crippen molar-refractivity contribution in [3.63, 3.8) is 0 Å². The second-order valence-corrected chi connectivity index (χ2v) is 5.17. The molecule has 0 bridgehead atoms. The van der Waals surface area contributed by atoms with Gasteiger partial charge in [0.25, 0.3) is 0 Å². The van der Waals surface area contributed by atoms with E-state index >= 15 is 0 Å². The van der Waals surface area contributed by atoms with Crippen LogP contribution in [0.2, 0.25) is 0 Å². The van der Waals surface area contributed by atoms with Crippen molar-refractivity contribution in [2.24, 2.45) is 0 Å². The van der Waals surface area contributed by atoms with Crippen molar-refractivity contribution < 1.29 is 0 Å². The van der Waals surface area contributed by atoms with Crippen LogP contribution in [-0.2, 0) is 0 Å². The Morgan fingerprint density at radius 2 is 2.00 bits per heavy atom. The number of fused-ring (bicyclic) bond motifs is 1. The predicted octanol–water partition coefficient (Wildman–Crippen LogP) is 4.49. The van der Waals surface area contributed by atoms with Gasteiger partial charge < -0.3 is 5.32 Å². The maximum Gasteiger partial charge on any atom is 0.0726 e. The normalized spacial score (nSPS) is 11.2. The van der Waals surface area contributed by atoms with Gasteiger partial charge in [0.15, 0.2) is 0 Å². The molecule has 0 fully saturated rings. The van der Waals surface area contributed by atoms with Crippen LogP contribution in [0.4, 0.5) is 5.69 Å². The number of anilines is 1. The molecular formula is C16H22N2. The van der Waals surface area contributed by atoms with E-state index in [1.807, 2.05) is 6.92 Å². The summed E-state index contributed by atoms with van der Waals surface area (Å²) >= 11 is 0. The fourth-order valence-electron chi connectivity index (χ4n) is 2.14. The molecule has 0 aliphatic rings. The fraction of sp³-hybridized carbons (Fsp3) is 0.438. The maximum atomic E-state index is 4.60. The molecule has 0 atom stereocenters. The minimum absolute atomic E-state index is 0.551. The van der Waals surface area contributed by atoms with E-state index in [2.05, 4.69) is 55.3 Å². The first-order valence-electron chi connectivity index (χ1n) is 6.77. The second kappa shape index (κ2) is 5.38. The highest BCUT2D eigenvalue weighted by Gasteiger charge is 2.06. The minimum Gasteiger partial charge on any atom is -0.384 e. The van der Waals surface area contributed by atoms with Gasteiger partial charge in [0.05, 0.1) is 5.52 Å². The zero-order valence-electron chi connectivity index (χ0n) is 11.7. The number of hydrogen-bond acceptors (Lipinski definition) is 2. The number of aromatic nitrogens is 1. The van der Waals surface area contributed by atoms with Gasteiger partial charge in [-0.2, -0.15) is 0 Å². The molecule has 1 aromatic heterocycles. The van der Waals surface area contributed by atoms with Gasteiger partial charge in [0, 0.05) is 23.3 Å². The van der Waals surface area contributed by atoms with Crippen LogP contribution in [0.1, 0.15) is 44.4 Å². The summed E-state index contributed by atoms with van der Waals surface area (Å²) in [5, 5.41) is 4.74. The molecule has 0 aliphatic heterocycles. The number of nitrogens with zero attached hydrogens (tertiary/aromatic N) is 1. The lowest BCUT2D eigenvalue weighted by atomic mass is 10.0. The molecule has 2 heteroatoms. The molecule has 0 aliphatic carbocycles. The highest BCUT2D eigenvalue weighted by Crippen LogP contribution is 2.27. The number of nitrogens with one attached hydrogen (secondary N) is 1. The second-order valence-electron chi connectivity index (χ2n) is 5.17. The van der Waals surface area contributed by atoms with Crippen LogP contribution in [0.5, 0.6) is 0 Å². The monoisotopic (exact) mass is 242 g/mol. The number of hydrogen-bond donors (Lipinski definition) is 1. The van der Waals surface area contributed by atoms with Crippen LogP contribution in [0.25, 0.3) is 10.9 Å². The van der Waals surface area contributed by atoms with Crippen LogP contribution in [-0.4, -0.2) is 11.5 Å². The van der Waals surface area contributed by atoms with Crippen LogP contribution in [0.15, 0.2) is 24.3 Å². The Morgan fingerprint density at radius 3 is 2.67 bits per heavy atom. The Balaban J connectivity index is 2.54. The Hall–Kier alpha value is -1.57. The third-order valence-corrected chi connectivity index (χ3v) is 3.19. The average molecular weight is 242 g/mol. The molecule has 96 valence electrons. The van der Waals surface area contributed by atoms with E-state index in [-0.39, 0.29) is 0 Å². The summed E-state index contributed by atoms with van der Waals surface area (Å²) in [6.45, 7) is 9.68. The predicted molar refractivity (Wildman–Crippen MR) is 79.3 cm³/mol. The molecule has 2 rings (SSSR count). The molecule has 0 spiro atoms. The first-order chi connectivity index (χ1) is 8.61. The topological polar surface area (TPSA) is 24.9 Å². The van der Waals surface area contributed by atoms with E-state index < -0.39 is 0 Å². The highest BCUT2D eigenvalue weighted by atomic mass is 14.9. The molecule has 18 heavy (non-hydrogen) atoms. The highest BCUT2D eigenvalue weighted by molar-refractivity contribution is 5.92. The van der Waals surface area contributed by atoms with Gasteiger partial charge in [-0.1, -0.05) is 26.8 Å². The molecule has 1 N–H and O–H groups in total. The summed E-state index contributed by atoms with van der Waals surface area (Å²) in [6, 6.07) is 8.73. The third kappa shape index (κ3) is 2.63. The first-order valence-corrected chi connectivity index (χ1v) is 6.77. The van der Waals surface area contributed by atoms with Crippen LogP contribution in [0, 0.1) is 6.92 Å². The number of pyridine rings is 1. The lowest BCUT2D eigenvalue weighted by Crippen LogP contribution is -2.02. The molecule has 2 aromatic rings. The number of rotatable bonds is 4. The molecule has 0 amide bonds. The van der Waals surface area contributed by atoms with Crippen molar-refractivity contribution in [2.75, 3.05) is 11.9 Å². The van der Waals surface area contributed by atoms with Gasteiger partial charge in [0.2, 0.25) is 0 Å². The molecule has 0 radical (unpaired) electrons. The molecule has 0 unspecified atom stereocenters. The summed E-state index contributed by atoms with van der Waals surface area (Å²) < 4.78 is 0. The average Bonchev–Trinajstić information content (AvgIpc) is 2.35. The van der Waals surface area contributed by atoms with E-state index in [9.17, 15) is 0 Å². The minimum atomic E-state index is 0.551. The smallest absolute Gasteiger partial charge is 0.0726 e. The van der Waals surface area contributed by atoms with Gasteiger partial charge in [-0.15, -0.1) is 0 Å². The summed E-state index contributed by atoms with van der Waals surface area (Å²) in [6.07, 6.45) is 1.13. The van der Waals surface area contributed by atoms with E-state index in [0.717, 1.165) is 24.2 Å². The molecule has 1 heterocycles. The SMILES string of the molecule is CCCNc1cc(C)nc2ccc(C(C)C)cc12. The van der Waals surface area contributed by atoms with Crippen molar-refractivity contribution in [3.8, 4) is 0 Å². The van der Waals surface area contributed by atoms with E-state index in [1.165, 1.54) is 16.6 Å². The van der Waals surface area contributed by atoms with Crippen molar-refractivity contribution in [1.82, 2.24) is 4.98 Å². The molecule has 2 nitrogen and oxygen atoms in total. The van der Waals surface area contributed by atoms with Crippen molar-refractivity contribution >= 4 is 16.6 Å². The third-order valence-electron chi connectivity index (χ3n) is 3.19. The number of aryl methyl sites for hydroxylation is 1. The standard InChI is InChI=1S/C16H22N2/c1-5-8-17-16-9-12(4)18-15-7-6-13(11(2)3)10-14(15)16/h6-7,9-11H,5,8H2,1-4H3,(H,17,18). The molecular weight excluding hydrogens is 220 g/mol. The van der Waals surface area contributed by atoms with Crippen molar-refractivity contribution in [2.45, 2.75) is 40.0 Å². The zero-order chi connectivity index (χ0) is 13.1. The Labute approximate surface area is 109 Å². The summed E-state index contributed by atoms with van der Waals surface area (Å²) in [4.78, 5) is 4.60. The van der Waals surface area contributed by atoms with Gasteiger partial charge in [0.1, 0.15) is 0 Å². The maximum absolute atomic E-state index is 4.60. The van der Waals surface area contributed by atoms with Gasteiger partial charge in [-0.25, -0.2) is 0 Å². The molecule has 1 aromatic carbocycles. The first kappa shape index (κ1) is 12.9. The van der Waals surface area contributed by atoms with Gasteiger partial charge in [-0.3, -0.25) is 4.98 Å². The summed E-state index contributed by atoms with van der Waals surface area (Å²) in [5.41, 5.74) is 4.73. The zero-order valence-corrected chi connectivity index (χ0v) is 11.7. The van der Waals surface area contributed by atoms with Crippen molar-refractivity contribution in [1.29, 1.82) is 0 Å². The Bertz CT molecular complexity index is 544. The van der Waals surface area contributed by atoms with Crippen LogP contribution in [0.3, 0.4) is 0 Å². The van der Waals surface area contributed by atoms with Gasteiger partial charge >= 0.3 is 0 Å². The Kier molecular flexibility index (Phi) is 3.85. The number of benzene rings is 1. The van der Waals surface area contributed by atoms with Crippen molar-refractivity contribution in [3.05, 3.63) is 35.5 Å². The Morgan fingerprint density at radius 1 is 1.22 bits per heavy atom. The van der Waals surface area contributed by atoms with E-state index in [1.54, 1.807) is 0 Å².